The van der Waals surface area contributed by atoms with Crippen LogP contribution in [0.1, 0.15) is 24.1 Å². The number of hydrogen-bond donors (Lipinski definition) is 1. The second-order valence-electron chi connectivity index (χ2n) is 3.89. The van der Waals surface area contributed by atoms with Crippen molar-refractivity contribution in [2.24, 2.45) is 0 Å². The fourth-order valence-corrected chi connectivity index (χ4v) is 1.78. The molecule has 0 spiro atoms. The fourth-order valence-electron chi connectivity index (χ4n) is 1.58. The minimum absolute atomic E-state index is 0.159. The van der Waals surface area contributed by atoms with Crippen molar-refractivity contribution >= 4 is 11.6 Å². The van der Waals surface area contributed by atoms with E-state index >= 15 is 0 Å². The van der Waals surface area contributed by atoms with Gasteiger partial charge in [0.05, 0.1) is 17.8 Å². The summed E-state index contributed by atoms with van der Waals surface area (Å²) in [7, 11) is 0. The van der Waals surface area contributed by atoms with Crippen molar-refractivity contribution in [2.45, 2.75) is 26.4 Å². The van der Waals surface area contributed by atoms with Gasteiger partial charge in [-0.25, -0.2) is 9.37 Å². The maximum atomic E-state index is 13.2. The zero-order chi connectivity index (χ0) is 13.0. The number of halogens is 2. The summed E-state index contributed by atoms with van der Waals surface area (Å²) in [4.78, 5) is 4.12. The van der Waals surface area contributed by atoms with Crippen LogP contribution in [0.5, 0.6) is 0 Å². The summed E-state index contributed by atoms with van der Waals surface area (Å²) in [6.45, 7) is 2.97. The molecule has 0 atom stereocenters. The molecule has 0 aliphatic heterocycles. The minimum atomic E-state index is -0.402. The van der Waals surface area contributed by atoms with Gasteiger partial charge in [0.2, 0.25) is 5.89 Å². The topological polar surface area (TPSA) is 38.1 Å². The van der Waals surface area contributed by atoms with Crippen LogP contribution in [0.4, 0.5) is 4.39 Å². The molecule has 5 heteroatoms. The Bertz CT molecular complexity index is 527. The van der Waals surface area contributed by atoms with Gasteiger partial charge >= 0.3 is 0 Å². The number of rotatable bonds is 5. The smallest absolute Gasteiger partial charge is 0.208 e. The second kappa shape index (κ2) is 5.98. The van der Waals surface area contributed by atoms with Crippen molar-refractivity contribution in [1.82, 2.24) is 10.3 Å². The van der Waals surface area contributed by atoms with Crippen molar-refractivity contribution in [3.8, 4) is 0 Å². The van der Waals surface area contributed by atoms with Crippen molar-refractivity contribution < 1.29 is 8.81 Å². The van der Waals surface area contributed by atoms with Crippen LogP contribution in [0.15, 0.2) is 28.8 Å². The number of nitrogens with one attached hydrogen (secondary N) is 1. The van der Waals surface area contributed by atoms with Gasteiger partial charge < -0.3 is 9.73 Å². The predicted molar refractivity (Wildman–Crippen MR) is 67.8 cm³/mol. The van der Waals surface area contributed by atoms with E-state index in [2.05, 4.69) is 10.3 Å². The van der Waals surface area contributed by atoms with Crippen LogP contribution < -0.4 is 5.32 Å². The van der Waals surface area contributed by atoms with Crippen LogP contribution in [0.3, 0.4) is 0 Å². The lowest BCUT2D eigenvalue weighted by atomic mass is 10.2. The van der Waals surface area contributed by atoms with Gasteiger partial charge in [0.1, 0.15) is 11.6 Å². The number of aryl methyl sites for hydroxylation is 1. The number of nitrogens with zero attached hydrogens (tertiary/aromatic N) is 1. The summed E-state index contributed by atoms with van der Waals surface area (Å²) in [6, 6.07) is 4.76. The van der Waals surface area contributed by atoms with E-state index in [0.29, 0.717) is 19.0 Å². The van der Waals surface area contributed by atoms with E-state index in [1.54, 1.807) is 18.3 Å². The van der Waals surface area contributed by atoms with Gasteiger partial charge in [-0.05, 0) is 11.6 Å². The molecule has 1 N–H and O–H groups in total. The molecule has 96 valence electrons. The van der Waals surface area contributed by atoms with Gasteiger partial charge in [0.25, 0.3) is 0 Å². The molecule has 0 fully saturated rings. The Morgan fingerprint density at radius 2 is 2.22 bits per heavy atom. The van der Waals surface area contributed by atoms with Crippen molar-refractivity contribution in [1.29, 1.82) is 0 Å². The molecule has 1 heterocycles. The SMILES string of the molecule is CCc1cnc(CNCc2cccc(F)c2Cl)o1. The molecule has 0 amide bonds. The van der Waals surface area contributed by atoms with E-state index in [1.165, 1.54) is 6.07 Å². The van der Waals surface area contributed by atoms with Gasteiger partial charge in [-0.3, -0.25) is 0 Å². The first-order valence-electron chi connectivity index (χ1n) is 5.78. The van der Waals surface area contributed by atoms with Gasteiger partial charge in [-0.2, -0.15) is 0 Å². The van der Waals surface area contributed by atoms with Crippen LogP contribution in [0, 0.1) is 5.82 Å². The molecular weight excluding hydrogens is 255 g/mol. The normalized spacial score (nSPS) is 10.8. The maximum absolute atomic E-state index is 13.2. The Morgan fingerprint density at radius 3 is 2.94 bits per heavy atom. The molecule has 0 bridgehead atoms. The molecule has 0 radical (unpaired) electrons. The molecule has 18 heavy (non-hydrogen) atoms. The predicted octanol–water partition coefficient (Wildman–Crippen LogP) is 3.32. The Hall–Kier alpha value is -1.39. The van der Waals surface area contributed by atoms with Crippen LogP contribution in [0.25, 0.3) is 0 Å². The first-order chi connectivity index (χ1) is 8.70. The largest absolute Gasteiger partial charge is 0.444 e. The van der Waals surface area contributed by atoms with E-state index in [1.807, 2.05) is 6.92 Å². The van der Waals surface area contributed by atoms with Crippen LogP contribution >= 0.6 is 11.6 Å². The Balaban J connectivity index is 1.90. The van der Waals surface area contributed by atoms with E-state index in [-0.39, 0.29) is 5.02 Å². The van der Waals surface area contributed by atoms with Crippen LogP contribution in [0.2, 0.25) is 5.02 Å². The Morgan fingerprint density at radius 1 is 1.39 bits per heavy atom. The highest BCUT2D eigenvalue weighted by atomic mass is 35.5. The molecule has 0 aliphatic carbocycles. The molecule has 1 aromatic carbocycles. The number of aromatic nitrogens is 1. The summed E-state index contributed by atoms with van der Waals surface area (Å²) < 4.78 is 18.6. The monoisotopic (exact) mass is 268 g/mol. The van der Waals surface area contributed by atoms with Crippen LogP contribution in [-0.2, 0) is 19.5 Å². The summed E-state index contributed by atoms with van der Waals surface area (Å²) in [5.74, 6) is 1.08. The van der Waals surface area contributed by atoms with Crippen molar-refractivity contribution in [3.63, 3.8) is 0 Å². The third-order valence-corrected chi connectivity index (χ3v) is 3.00. The highest BCUT2D eigenvalue weighted by molar-refractivity contribution is 6.31. The lowest BCUT2D eigenvalue weighted by Crippen LogP contribution is -2.13. The Labute approximate surface area is 110 Å². The average molecular weight is 269 g/mol. The molecule has 0 unspecified atom stereocenters. The number of benzene rings is 1. The van der Waals surface area contributed by atoms with E-state index in [0.717, 1.165) is 17.7 Å². The summed E-state index contributed by atoms with van der Waals surface area (Å²) in [5, 5.41) is 3.28. The number of oxazole rings is 1. The van der Waals surface area contributed by atoms with Gasteiger partial charge in [0.15, 0.2) is 0 Å². The summed E-state index contributed by atoms with van der Waals surface area (Å²) in [6.07, 6.45) is 2.54. The van der Waals surface area contributed by atoms with Crippen molar-refractivity contribution in [3.05, 3.63) is 52.5 Å². The molecular formula is C13H14ClFN2O. The summed E-state index contributed by atoms with van der Waals surface area (Å²) in [5.41, 5.74) is 0.721. The first kappa shape index (κ1) is 13.1. The quantitative estimate of drug-likeness (QED) is 0.904. The highest BCUT2D eigenvalue weighted by Gasteiger charge is 2.06. The maximum Gasteiger partial charge on any atom is 0.208 e. The van der Waals surface area contributed by atoms with Gasteiger partial charge in [-0.15, -0.1) is 0 Å². The third-order valence-electron chi connectivity index (χ3n) is 2.57. The molecule has 0 saturated heterocycles. The molecule has 2 aromatic rings. The highest BCUT2D eigenvalue weighted by Crippen LogP contribution is 2.19. The molecule has 0 saturated carbocycles. The average Bonchev–Trinajstić information content (AvgIpc) is 2.82. The first-order valence-corrected chi connectivity index (χ1v) is 6.15. The minimum Gasteiger partial charge on any atom is -0.444 e. The van der Waals surface area contributed by atoms with E-state index in [4.69, 9.17) is 16.0 Å². The number of hydrogen-bond acceptors (Lipinski definition) is 3. The molecule has 2 rings (SSSR count). The Kier molecular flexibility index (Phi) is 4.33. The molecule has 3 nitrogen and oxygen atoms in total. The van der Waals surface area contributed by atoms with Crippen molar-refractivity contribution in [2.75, 3.05) is 0 Å². The molecule has 0 aliphatic rings. The molecule has 1 aromatic heterocycles. The van der Waals surface area contributed by atoms with Gasteiger partial charge in [-0.1, -0.05) is 30.7 Å². The zero-order valence-electron chi connectivity index (χ0n) is 10.0. The third kappa shape index (κ3) is 3.09. The standard InChI is InChI=1S/C13H14ClFN2O/c1-2-10-7-17-12(18-10)8-16-6-9-4-3-5-11(15)13(9)14/h3-5,7,16H,2,6,8H2,1H3. The fraction of sp³-hybridized carbons (Fsp3) is 0.308. The lowest BCUT2D eigenvalue weighted by molar-refractivity contribution is 0.439. The zero-order valence-corrected chi connectivity index (χ0v) is 10.8. The second-order valence-corrected chi connectivity index (χ2v) is 4.27. The van der Waals surface area contributed by atoms with E-state index in [9.17, 15) is 4.39 Å². The van der Waals surface area contributed by atoms with Gasteiger partial charge in [0, 0.05) is 13.0 Å². The van der Waals surface area contributed by atoms with E-state index < -0.39 is 5.82 Å². The summed E-state index contributed by atoms with van der Waals surface area (Å²) >= 11 is 5.85. The lowest BCUT2D eigenvalue weighted by Gasteiger charge is -2.05. The van der Waals surface area contributed by atoms with Crippen LogP contribution in [-0.4, -0.2) is 4.98 Å².